The van der Waals surface area contributed by atoms with Gasteiger partial charge in [-0.15, -0.1) is 0 Å². The molecule has 0 aliphatic carbocycles. The molecular formula is C13H18N2O3. The zero-order chi connectivity index (χ0) is 13.0. The van der Waals surface area contributed by atoms with Gasteiger partial charge in [-0.1, -0.05) is 12.1 Å². The Labute approximate surface area is 106 Å². The zero-order valence-electron chi connectivity index (χ0n) is 10.4. The molecule has 1 amide bonds. The van der Waals surface area contributed by atoms with Crippen LogP contribution >= 0.6 is 0 Å². The summed E-state index contributed by atoms with van der Waals surface area (Å²) in [5.41, 5.74) is 0.905. The summed E-state index contributed by atoms with van der Waals surface area (Å²) < 4.78 is 5.27. The van der Waals surface area contributed by atoms with E-state index in [0.29, 0.717) is 26.3 Å². The van der Waals surface area contributed by atoms with Crippen LogP contribution in [0.25, 0.3) is 0 Å². The fourth-order valence-electron chi connectivity index (χ4n) is 2.00. The highest BCUT2D eigenvalue weighted by atomic mass is 16.5. The van der Waals surface area contributed by atoms with Gasteiger partial charge in [0, 0.05) is 20.1 Å². The van der Waals surface area contributed by atoms with Crippen LogP contribution in [0.4, 0.5) is 0 Å². The molecule has 1 unspecified atom stereocenters. The quantitative estimate of drug-likeness (QED) is 0.812. The summed E-state index contributed by atoms with van der Waals surface area (Å²) in [5, 5.41) is 12.5. The van der Waals surface area contributed by atoms with E-state index in [1.807, 2.05) is 6.07 Å². The molecule has 2 N–H and O–H groups in total. The zero-order valence-corrected chi connectivity index (χ0v) is 10.4. The second-order valence-corrected chi connectivity index (χ2v) is 4.45. The Balaban J connectivity index is 1.94. The number of morpholine rings is 1. The number of carbonyl (C=O) groups excluding carboxylic acids is 1. The van der Waals surface area contributed by atoms with Crippen molar-refractivity contribution in [3.63, 3.8) is 0 Å². The molecule has 0 saturated carbocycles. The van der Waals surface area contributed by atoms with Gasteiger partial charge in [0.2, 0.25) is 5.91 Å². The third-order valence-electron chi connectivity index (χ3n) is 2.93. The van der Waals surface area contributed by atoms with Crippen molar-refractivity contribution in [1.82, 2.24) is 10.2 Å². The van der Waals surface area contributed by atoms with Crippen LogP contribution in [0.2, 0.25) is 0 Å². The van der Waals surface area contributed by atoms with Crippen LogP contribution in [0.3, 0.4) is 0 Å². The van der Waals surface area contributed by atoms with Crippen molar-refractivity contribution >= 4 is 5.91 Å². The van der Waals surface area contributed by atoms with Crippen molar-refractivity contribution < 1.29 is 14.6 Å². The maximum Gasteiger partial charge on any atom is 0.242 e. The number of carbonyl (C=O) groups is 1. The predicted octanol–water partition coefficient (Wildman–Crippen LogP) is 0.339. The molecule has 2 rings (SSSR count). The van der Waals surface area contributed by atoms with E-state index in [1.165, 1.54) is 0 Å². The van der Waals surface area contributed by atoms with Gasteiger partial charge in [0.05, 0.1) is 13.2 Å². The Hall–Kier alpha value is -1.59. The monoisotopic (exact) mass is 250 g/mol. The van der Waals surface area contributed by atoms with Crippen LogP contribution in [0.5, 0.6) is 5.75 Å². The third kappa shape index (κ3) is 3.21. The lowest BCUT2D eigenvalue weighted by Gasteiger charge is -2.27. The van der Waals surface area contributed by atoms with E-state index in [9.17, 15) is 9.90 Å². The predicted molar refractivity (Wildman–Crippen MR) is 67.2 cm³/mol. The molecule has 1 saturated heterocycles. The van der Waals surface area contributed by atoms with E-state index in [2.05, 4.69) is 5.32 Å². The van der Waals surface area contributed by atoms with Crippen LogP contribution in [0, 0.1) is 0 Å². The number of hydrogen-bond donors (Lipinski definition) is 2. The molecule has 0 aromatic heterocycles. The van der Waals surface area contributed by atoms with Crippen LogP contribution in [0.15, 0.2) is 24.3 Å². The molecule has 0 radical (unpaired) electrons. The Kier molecular flexibility index (Phi) is 4.17. The van der Waals surface area contributed by atoms with Crippen molar-refractivity contribution in [3.8, 4) is 5.75 Å². The number of nitrogens with zero attached hydrogens (tertiary/aromatic N) is 1. The number of phenolic OH excluding ortho intramolecular Hbond substituents is 1. The van der Waals surface area contributed by atoms with Gasteiger partial charge in [-0.25, -0.2) is 0 Å². The first-order chi connectivity index (χ1) is 8.66. The van der Waals surface area contributed by atoms with E-state index in [1.54, 1.807) is 30.1 Å². The van der Waals surface area contributed by atoms with Crippen molar-refractivity contribution in [3.05, 3.63) is 29.8 Å². The molecule has 0 spiro atoms. The number of aromatic hydroxyl groups is 1. The minimum Gasteiger partial charge on any atom is -0.508 e. The molecule has 1 atom stereocenters. The summed E-state index contributed by atoms with van der Waals surface area (Å²) >= 11 is 0. The molecule has 1 aliphatic rings. The number of rotatable bonds is 3. The van der Waals surface area contributed by atoms with E-state index >= 15 is 0 Å². The highest BCUT2D eigenvalue weighted by Crippen LogP contribution is 2.13. The molecule has 98 valence electrons. The van der Waals surface area contributed by atoms with Gasteiger partial charge in [-0.05, 0) is 17.7 Å². The summed E-state index contributed by atoms with van der Waals surface area (Å²) in [6.45, 7) is 2.26. The minimum atomic E-state index is -0.263. The second-order valence-electron chi connectivity index (χ2n) is 4.45. The van der Waals surface area contributed by atoms with E-state index < -0.39 is 0 Å². The summed E-state index contributed by atoms with van der Waals surface area (Å²) in [6.07, 6.45) is 0. The average molecular weight is 250 g/mol. The van der Waals surface area contributed by atoms with Gasteiger partial charge >= 0.3 is 0 Å². The van der Waals surface area contributed by atoms with E-state index in [-0.39, 0.29) is 17.7 Å². The number of phenols is 1. The lowest BCUT2D eigenvalue weighted by atomic mass is 10.2. The largest absolute Gasteiger partial charge is 0.508 e. The van der Waals surface area contributed by atoms with Crippen molar-refractivity contribution in [2.75, 3.05) is 26.8 Å². The number of nitrogens with one attached hydrogen (secondary N) is 1. The highest BCUT2D eigenvalue weighted by Gasteiger charge is 2.24. The molecule has 1 aliphatic heterocycles. The molecule has 1 fully saturated rings. The smallest absolute Gasteiger partial charge is 0.242 e. The molecular weight excluding hydrogens is 232 g/mol. The van der Waals surface area contributed by atoms with Crippen molar-refractivity contribution in [2.45, 2.75) is 12.6 Å². The summed E-state index contributed by atoms with van der Waals surface area (Å²) in [4.78, 5) is 13.7. The van der Waals surface area contributed by atoms with Gasteiger partial charge in [-0.2, -0.15) is 0 Å². The van der Waals surface area contributed by atoms with Crippen molar-refractivity contribution in [2.24, 2.45) is 0 Å². The first-order valence-corrected chi connectivity index (χ1v) is 6.01. The van der Waals surface area contributed by atoms with Crippen LogP contribution in [0.1, 0.15) is 5.56 Å². The number of likely N-dealkylation sites (N-methyl/N-ethyl adjacent to an activating group) is 1. The summed E-state index contributed by atoms with van der Waals surface area (Å²) in [5.74, 6) is 0.227. The number of hydrogen-bond acceptors (Lipinski definition) is 4. The number of benzene rings is 1. The first kappa shape index (κ1) is 12.9. The maximum absolute atomic E-state index is 12.1. The molecule has 5 nitrogen and oxygen atoms in total. The van der Waals surface area contributed by atoms with Crippen LogP contribution in [-0.2, 0) is 16.1 Å². The molecule has 18 heavy (non-hydrogen) atoms. The van der Waals surface area contributed by atoms with Gasteiger partial charge in [0.25, 0.3) is 0 Å². The fourth-order valence-corrected chi connectivity index (χ4v) is 2.00. The highest BCUT2D eigenvalue weighted by molar-refractivity contribution is 5.81. The van der Waals surface area contributed by atoms with Gasteiger partial charge in [0.15, 0.2) is 0 Å². The Morgan fingerprint density at radius 3 is 3.11 bits per heavy atom. The molecule has 5 heteroatoms. The molecule has 1 aromatic carbocycles. The SMILES string of the molecule is CN(Cc1cccc(O)c1)C(=O)C1COCCN1. The van der Waals surface area contributed by atoms with Crippen LogP contribution in [-0.4, -0.2) is 48.8 Å². The van der Waals surface area contributed by atoms with Crippen LogP contribution < -0.4 is 5.32 Å². The number of ether oxygens (including phenoxy) is 1. The fraction of sp³-hybridized carbons (Fsp3) is 0.462. The second kappa shape index (κ2) is 5.84. The van der Waals surface area contributed by atoms with Gasteiger partial charge in [0.1, 0.15) is 11.8 Å². The lowest BCUT2D eigenvalue weighted by Crippen LogP contribution is -2.51. The topological polar surface area (TPSA) is 61.8 Å². The standard InChI is InChI=1S/C13H18N2O3/c1-15(8-10-3-2-4-11(16)7-10)13(17)12-9-18-6-5-14-12/h2-4,7,12,14,16H,5-6,8-9H2,1H3. The maximum atomic E-state index is 12.1. The lowest BCUT2D eigenvalue weighted by molar-refractivity contribution is -0.135. The first-order valence-electron chi connectivity index (χ1n) is 6.01. The molecule has 0 bridgehead atoms. The Morgan fingerprint density at radius 1 is 1.61 bits per heavy atom. The summed E-state index contributed by atoms with van der Waals surface area (Å²) in [7, 11) is 1.75. The average Bonchev–Trinajstić information content (AvgIpc) is 2.39. The normalized spacial score (nSPS) is 19.5. The van der Waals surface area contributed by atoms with E-state index in [0.717, 1.165) is 5.56 Å². The summed E-state index contributed by atoms with van der Waals surface area (Å²) in [6, 6.07) is 6.66. The third-order valence-corrected chi connectivity index (χ3v) is 2.93. The minimum absolute atomic E-state index is 0.0121. The van der Waals surface area contributed by atoms with Crippen molar-refractivity contribution in [1.29, 1.82) is 0 Å². The Morgan fingerprint density at radius 2 is 2.44 bits per heavy atom. The number of amides is 1. The van der Waals surface area contributed by atoms with E-state index in [4.69, 9.17) is 4.74 Å². The molecule has 1 heterocycles. The van der Waals surface area contributed by atoms with Gasteiger partial charge < -0.3 is 20.1 Å². The Bertz CT molecular complexity index is 416. The molecule has 1 aromatic rings. The van der Waals surface area contributed by atoms with Gasteiger partial charge in [-0.3, -0.25) is 4.79 Å².